The molecule has 0 aliphatic carbocycles. The Morgan fingerprint density at radius 1 is 1.26 bits per heavy atom. The summed E-state index contributed by atoms with van der Waals surface area (Å²) in [5, 5.41) is 3.89. The third-order valence-corrected chi connectivity index (χ3v) is 4.84. The van der Waals surface area contributed by atoms with Crippen molar-refractivity contribution >= 4 is 34.6 Å². The Kier molecular flexibility index (Phi) is 4.83. The molecule has 0 radical (unpaired) electrons. The van der Waals surface area contributed by atoms with Crippen LogP contribution in [0.15, 0.2) is 42.5 Å². The van der Waals surface area contributed by atoms with Crippen molar-refractivity contribution in [1.82, 2.24) is 4.90 Å². The van der Waals surface area contributed by atoms with E-state index in [0.717, 1.165) is 19.5 Å². The second-order valence-electron chi connectivity index (χ2n) is 5.90. The smallest absolute Gasteiger partial charge is 0.173 e. The molecular formula is C18H18ClFN2S. The zero-order valence-electron chi connectivity index (χ0n) is 12.9. The van der Waals surface area contributed by atoms with E-state index in [1.165, 1.54) is 17.2 Å². The van der Waals surface area contributed by atoms with Crippen LogP contribution < -0.4 is 5.32 Å². The summed E-state index contributed by atoms with van der Waals surface area (Å²) in [6, 6.07) is 13.2. The molecule has 23 heavy (non-hydrogen) atoms. The maximum Gasteiger partial charge on any atom is 0.173 e. The first kappa shape index (κ1) is 16.2. The van der Waals surface area contributed by atoms with Gasteiger partial charge in [0, 0.05) is 24.7 Å². The average Bonchev–Trinajstić information content (AvgIpc) is 3.02. The number of anilines is 1. The summed E-state index contributed by atoms with van der Waals surface area (Å²) in [4.78, 5) is 2.15. The molecule has 0 saturated carbocycles. The molecule has 5 heteroatoms. The highest BCUT2D eigenvalue weighted by Crippen LogP contribution is 2.28. The van der Waals surface area contributed by atoms with Crippen molar-refractivity contribution in [3.05, 3.63) is 64.4 Å². The van der Waals surface area contributed by atoms with Gasteiger partial charge in [0.1, 0.15) is 5.82 Å². The number of nitrogens with one attached hydrogen (secondary N) is 1. The van der Waals surface area contributed by atoms with E-state index in [1.54, 1.807) is 12.1 Å². The minimum Gasteiger partial charge on any atom is -0.348 e. The van der Waals surface area contributed by atoms with Gasteiger partial charge in [-0.3, -0.25) is 0 Å². The van der Waals surface area contributed by atoms with Crippen LogP contribution in [-0.4, -0.2) is 23.1 Å². The lowest BCUT2D eigenvalue weighted by Gasteiger charge is -2.21. The van der Waals surface area contributed by atoms with E-state index in [1.807, 2.05) is 0 Å². The molecular weight excluding hydrogens is 331 g/mol. The van der Waals surface area contributed by atoms with E-state index in [0.29, 0.717) is 16.7 Å². The van der Waals surface area contributed by atoms with Crippen molar-refractivity contribution in [3.63, 3.8) is 0 Å². The van der Waals surface area contributed by atoms with Gasteiger partial charge in [-0.1, -0.05) is 41.4 Å². The summed E-state index contributed by atoms with van der Waals surface area (Å²) in [6.07, 6.45) is 1.08. The molecule has 120 valence electrons. The number of rotatable bonds is 2. The first-order valence-corrected chi connectivity index (χ1v) is 8.39. The van der Waals surface area contributed by atoms with Gasteiger partial charge >= 0.3 is 0 Å². The van der Waals surface area contributed by atoms with Gasteiger partial charge in [-0.05, 0) is 49.3 Å². The second-order valence-corrected chi connectivity index (χ2v) is 6.70. The molecule has 0 spiro atoms. The Labute approximate surface area is 146 Å². The molecule has 2 aromatic carbocycles. The Bertz CT molecular complexity index is 717. The molecule has 1 N–H and O–H groups in total. The van der Waals surface area contributed by atoms with Crippen LogP contribution in [0.4, 0.5) is 10.1 Å². The monoisotopic (exact) mass is 348 g/mol. The SMILES string of the molecule is Cc1ccc([C@H]2CCN(C(=S)Nc3ccc(F)c(Cl)c3)C2)cc1. The summed E-state index contributed by atoms with van der Waals surface area (Å²) in [6.45, 7) is 3.90. The number of halogens is 2. The van der Waals surface area contributed by atoms with Crippen molar-refractivity contribution < 1.29 is 4.39 Å². The Balaban J connectivity index is 1.63. The van der Waals surface area contributed by atoms with Crippen LogP contribution in [-0.2, 0) is 0 Å². The third kappa shape index (κ3) is 3.82. The molecule has 1 aliphatic heterocycles. The first-order valence-electron chi connectivity index (χ1n) is 7.60. The standard InChI is InChI=1S/C18H18ClFN2S/c1-12-2-4-13(5-3-12)14-8-9-22(11-14)18(23)21-15-6-7-17(20)16(19)10-15/h2-7,10,14H,8-9,11H2,1H3,(H,21,23)/t14-/m0/s1. The zero-order chi connectivity index (χ0) is 16.4. The Morgan fingerprint density at radius 3 is 2.70 bits per heavy atom. The van der Waals surface area contributed by atoms with Crippen LogP contribution in [0.1, 0.15) is 23.5 Å². The molecule has 1 saturated heterocycles. The molecule has 0 bridgehead atoms. The number of likely N-dealkylation sites (tertiary alicyclic amines) is 1. The fourth-order valence-electron chi connectivity index (χ4n) is 2.83. The second kappa shape index (κ2) is 6.85. The van der Waals surface area contributed by atoms with Gasteiger partial charge in [0.15, 0.2) is 5.11 Å². The number of nitrogens with zero attached hydrogens (tertiary/aromatic N) is 1. The molecule has 0 unspecified atom stereocenters. The number of aryl methyl sites for hydroxylation is 1. The molecule has 1 fully saturated rings. The lowest BCUT2D eigenvalue weighted by molar-refractivity contribution is 0.518. The van der Waals surface area contributed by atoms with Crippen LogP contribution in [0.3, 0.4) is 0 Å². The van der Waals surface area contributed by atoms with E-state index >= 15 is 0 Å². The van der Waals surface area contributed by atoms with Crippen LogP contribution >= 0.6 is 23.8 Å². The summed E-state index contributed by atoms with van der Waals surface area (Å²) >= 11 is 11.3. The number of benzene rings is 2. The van der Waals surface area contributed by atoms with E-state index in [2.05, 4.69) is 41.4 Å². The van der Waals surface area contributed by atoms with Gasteiger partial charge in [0.2, 0.25) is 0 Å². The highest BCUT2D eigenvalue weighted by molar-refractivity contribution is 7.80. The molecule has 1 atom stereocenters. The predicted octanol–water partition coefficient (Wildman–Crippen LogP) is 4.97. The largest absolute Gasteiger partial charge is 0.348 e. The van der Waals surface area contributed by atoms with E-state index < -0.39 is 5.82 Å². The molecule has 1 heterocycles. The molecule has 2 aromatic rings. The molecule has 0 amide bonds. The lowest BCUT2D eigenvalue weighted by Crippen LogP contribution is -2.32. The number of hydrogen-bond donors (Lipinski definition) is 1. The van der Waals surface area contributed by atoms with Gasteiger partial charge in [-0.25, -0.2) is 4.39 Å². The summed E-state index contributed by atoms with van der Waals surface area (Å²) in [5.74, 6) is 0.0656. The molecule has 3 rings (SSSR count). The number of thiocarbonyl (C=S) groups is 1. The summed E-state index contributed by atoms with van der Waals surface area (Å²) in [5.41, 5.74) is 3.33. The third-order valence-electron chi connectivity index (χ3n) is 4.20. The Morgan fingerprint density at radius 2 is 2.00 bits per heavy atom. The topological polar surface area (TPSA) is 15.3 Å². The predicted molar refractivity (Wildman–Crippen MR) is 97.7 cm³/mol. The minimum atomic E-state index is -0.427. The zero-order valence-corrected chi connectivity index (χ0v) is 14.4. The fourth-order valence-corrected chi connectivity index (χ4v) is 3.30. The lowest BCUT2D eigenvalue weighted by atomic mass is 9.98. The molecule has 2 nitrogen and oxygen atoms in total. The summed E-state index contributed by atoms with van der Waals surface area (Å²) in [7, 11) is 0. The maximum absolute atomic E-state index is 13.2. The maximum atomic E-state index is 13.2. The van der Waals surface area contributed by atoms with Crippen molar-refractivity contribution in [1.29, 1.82) is 0 Å². The van der Waals surface area contributed by atoms with Crippen molar-refractivity contribution in [2.24, 2.45) is 0 Å². The first-order chi connectivity index (χ1) is 11.0. The van der Waals surface area contributed by atoms with Crippen LogP contribution in [0.2, 0.25) is 5.02 Å². The average molecular weight is 349 g/mol. The van der Waals surface area contributed by atoms with Gasteiger partial charge in [0.25, 0.3) is 0 Å². The van der Waals surface area contributed by atoms with E-state index in [4.69, 9.17) is 23.8 Å². The Hall–Kier alpha value is -1.65. The summed E-state index contributed by atoms with van der Waals surface area (Å²) < 4.78 is 13.2. The van der Waals surface area contributed by atoms with Gasteiger partial charge in [-0.15, -0.1) is 0 Å². The fraction of sp³-hybridized carbons (Fsp3) is 0.278. The van der Waals surface area contributed by atoms with Crippen LogP contribution in [0.5, 0.6) is 0 Å². The molecule has 0 aromatic heterocycles. The highest BCUT2D eigenvalue weighted by Gasteiger charge is 2.25. The van der Waals surface area contributed by atoms with Gasteiger partial charge < -0.3 is 10.2 Å². The van der Waals surface area contributed by atoms with Crippen molar-refractivity contribution in [3.8, 4) is 0 Å². The van der Waals surface area contributed by atoms with E-state index in [-0.39, 0.29) is 5.02 Å². The van der Waals surface area contributed by atoms with Crippen molar-refractivity contribution in [2.45, 2.75) is 19.3 Å². The normalized spacial score (nSPS) is 17.3. The van der Waals surface area contributed by atoms with Gasteiger partial charge in [0.05, 0.1) is 5.02 Å². The van der Waals surface area contributed by atoms with Crippen LogP contribution in [0.25, 0.3) is 0 Å². The quantitative estimate of drug-likeness (QED) is 0.771. The number of hydrogen-bond acceptors (Lipinski definition) is 1. The molecule has 1 aliphatic rings. The van der Waals surface area contributed by atoms with E-state index in [9.17, 15) is 4.39 Å². The van der Waals surface area contributed by atoms with Crippen molar-refractivity contribution in [2.75, 3.05) is 18.4 Å². The minimum absolute atomic E-state index is 0.0942. The van der Waals surface area contributed by atoms with Gasteiger partial charge in [-0.2, -0.15) is 0 Å². The van der Waals surface area contributed by atoms with Crippen LogP contribution in [0, 0.1) is 12.7 Å². The highest BCUT2D eigenvalue weighted by atomic mass is 35.5.